The number of hydrogen-bond acceptors (Lipinski definition) is 3. The van der Waals surface area contributed by atoms with Crippen LogP contribution in [0.3, 0.4) is 0 Å². The van der Waals surface area contributed by atoms with E-state index in [1.165, 1.54) is 10.9 Å². The summed E-state index contributed by atoms with van der Waals surface area (Å²) < 4.78 is 2.28. The van der Waals surface area contributed by atoms with Gasteiger partial charge in [0.2, 0.25) is 5.91 Å². The third kappa shape index (κ3) is 3.67. The molecule has 0 spiro atoms. The summed E-state index contributed by atoms with van der Waals surface area (Å²) in [5.74, 6) is 0.175. The number of nitrogens with one attached hydrogen (secondary N) is 1. The first-order valence-corrected chi connectivity index (χ1v) is 12.1. The van der Waals surface area contributed by atoms with Gasteiger partial charge in [0.05, 0.1) is 16.9 Å². The largest absolute Gasteiger partial charge is 0.356 e. The number of nitrogens with zero attached hydrogens (tertiary/aromatic N) is 3. The molecule has 3 heterocycles. The molecule has 172 valence electrons. The first-order valence-electron chi connectivity index (χ1n) is 12.1. The summed E-state index contributed by atoms with van der Waals surface area (Å²) >= 11 is 0. The molecule has 0 unspecified atom stereocenters. The van der Waals surface area contributed by atoms with Gasteiger partial charge < -0.3 is 19.7 Å². The summed E-state index contributed by atoms with van der Waals surface area (Å²) in [7, 11) is 2.07. The van der Waals surface area contributed by atoms with Crippen molar-refractivity contribution in [2.45, 2.75) is 51.7 Å². The van der Waals surface area contributed by atoms with Crippen LogP contribution in [-0.4, -0.2) is 41.4 Å². The normalized spacial score (nSPS) is 17.0. The van der Waals surface area contributed by atoms with Gasteiger partial charge in [-0.1, -0.05) is 50.1 Å². The van der Waals surface area contributed by atoms with Crippen LogP contribution in [0.25, 0.3) is 10.9 Å². The number of hydrogen-bond donors (Lipinski definition) is 1. The Balaban J connectivity index is 1.51. The van der Waals surface area contributed by atoms with E-state index in [9.17, 15) is 9.59 Å². The number of para-hydroxylation sites is 2. The minimum Gasteiger partial charge on any atom is -0.356 e. The number of aromatic nitrogens is 1. The lowest BCUT2D eigenvalue weighted by atomic mass is 9.96. The molecule has 33 heavy (non-hydrogen) atoms. The van der Waals surface area contributed by atoms with Gasteiger partial charge in [0.15, 0.2) is 0 Å². The maximum Gasteiger partial charge on any atom is 0.257 e. The molecule has 6 nitrogen and oxygen atoms in total. The molecule has 1 N–H and O–H groups in total. The van der Waals surface area contributed by atoms with E-state index in [-0.39, 0.29) is 18.0 Å². The molecule has 2 aromatic carbocycles. The molecule has 2 aliphatic heterocycles. The molecular formula is C27H32N4O2. The number of aryl methyl sites for hydroxylation is 1. The number of anilines is 1. The van der Waals surface area contributed by atoms with Gasteiger partial charge in [-0.15, -0.1) is 0 Å². The Kier molecular flexibility index (Phi) is 5.83. The van der Waals surface area contributed by atoms with Gasteiger partial charge in [-0.25, -0.2) is 0 Å². The zero-order valence-electron chi connectivity index (χ0n) is 19.5. The molecule has 6 heteroatoms. The van der Waals surface area contributed by atoms with E-state index in [4.69, 9.17) is 0 Å². The number of carbonyl (C=O) groups is 2. The lowest BCUT2D eigenvalue weighted by Gasteiger charge is -2.46. The maximum absolute atomic E-state index is 13.4. The molecule has 1 aromatic heterocycles. The molecule has 0 saturated carbocycles. The number of carbonyl (C=O) groups excluding carboxylic acids is 2. The third-order valence-electron chi connectivity index (χ3n) is 7.07. The van der Waals surface area contributed by atoms with E-state index in [0.29, 0.717) is 19.5 Å². The lowest BCUT2D eigenvalue weighted by molar-refractivity contribution is -0.121. The van der Waals surface area contributed by atoms with Crippen LogP contribution < -0.4 is 10.2 Å². The highest BCUT2D eigenvalue weighted by Gasteiger charge is 2.42. The summed E-state index contributed by atoms with van der Waals surface area (Å²) in [6.07, 6.45) is 4.38. The highest BCUT2D eigenvalue weighted by molar-refractivity contribution is 6.02. The smallest absolute Gasteiger partial charge is 0.257 e. The monoisotopic (exact) mass is 444 g/mol. The molecule has 2 aliphatic rings. The maximum atomic E-state index is 13.4. The summed E-state index contributed by atoms with van der Waals surface area (Å²) in [5, 5.41) is 4.30. The van der Waals surface area contributed by atoms with Gasteiger partial charge >= 0.3 is 0 Å². The topological polar surface area (TPSA) is 57.6 Å². The van der Waals surface area contributed by atoms with Gasteiger partial charge in [-0.2, -0.15) is 0 Å². The Morgan fingerprint density at radius 1 is 1.09 bits per heavy atom. The van der Waals surface area contributed by atoms with Crippen molar-refractivity contribution < 1.29 is 9.59 Å². The second kappa shape index (κ2) is 8.93. The van der Waals surface area contributed by atoms with Crippen LogP contribution in [0.4, 0.5) is 5.69 Å². The number of benzene rings is 2. The quantitative estimate of drug-likeness (QED) is 0.547. The molecule has 0 aliphatic carbocycles. The van der Waals surface area contributed by atoms with Crippen LogP contribution in [0.5, 0.6) is 0 Å². The van der Waals surface area contributed by atoms with Crippen molar-refractivity contribution in [3.05, 3.63) is 65.4 Å². The van der Waals surface area contributed by atoms with Crippen molar-refractivity contribution in [1.29, 1.82) is 0 Å². The van der Waals surface area contributed by atoms with Crippen molar-refractivity contribution in [1.82, 2.24) is 14.8 Å². The Bertz CT molecular complexity index is 1200. The van der Waals surface area contributed by atoms with Gasteiger partial charge in [-0.3, -0.25) is 9.59 Å². The zero-order valence-corrected chi connectivity index (χ0v) is 19.5. The van der Waals surface area contributed by atoms with Crippen molar-refractivity contribution in [3.63, 3.8) is 0 Å². The van der Waals surface area contributed by atoms with Crippen LogP contribution in [0.1, 0.15) is 60.4 Å². The van der Waals surface area contributed by atoms with E-state index < -0.39 is 0 Å². The SMILES string of the molecule is CCCCCNC(=O)CCn1c2c(c3ccccc31)CCN1C(=O)c3ccccc3N(C)[C@@H]21. The highest BCUT2D eigenvalue weighted by Crippen LogP contribution is 2.44. The fourth-order valence-electron chi connectivity index (χ4n) is 5.45. The van der Waals surface area contributed by atoms with Crippen molar-refractivity contribution in [3.8, 4) is 0 Å². The summed E-state index contributed by atoms with van der Waals surface area (Å²) in [6.45, 7) is 4.20. The lowest BCUT2D eigenvalue weighted by Crippen LogP contribution is -2.51. The van der Waals surface area contributed by atoms with Crippen LogP contribution in [0.15, 0.2) is 48.5 Å². The molecule has 0 bridgehead atoms. The summed E-state index contributed by atoms with van der Waals surface area (Å²) in [6, 6.07) is 16.3. The Morgan fingerprint density at radius 3 is 2.73 bits per heavy atom. The summed E-state index contributed by atoms with van der Waals surface area (Å²) in [5.41, 5.74) is 5.31. The van der Waals surface area contributed by atoms with Crippen LogP contribution in [0.2, 0.25) is 0 Å². The van der Waals surface area contributed by atoms with Crippen molar-refractivity contribution in [2.24, 2.45) is 0 Å². The summed E-state index contributed by atoms with van der Waals surface area (Å²) in [4.78, 5) is 30.2. The molecule has 5 rings (SSSR count). The average Bonchev–Trinajstić information content (AvgIpc) is 3.17. The number of amides is 2. The number of rotatable bonds is 7. The third-order valence-corrected chi connectivity index (χ3v) is 7.07. The van der Waals surface area contributed by atoms with Crippen LogP contribution in [-0.2, 0) is 17.8 Å². The van der Waals surface area contributed by atoms with Gasteiger partial charge in [0.25, 0.3) is 5.91 Å². The first kappa shape index (κ1) is 21.6. The second-order valence-electron chi connectivity index (χ2n) is 9.09. The Labute approximate surface area is 195 Å². The van der Waals surface area contributed by atoms with E-state index in [1.54, 1.807) is 0 Å². The van der Waals surface area contributed by atoms with E-state index in [2.05, 4.69) is 53.0 Å². The van der Waals surface area contributed by atoms with Crippen LogP contribution in [0, 0.1) is 0 Å². The van der Waals surface area contributed by atoms with Crippen molar-refractivity contribution >= 4 is 28.4 Å². The van der Waals surface area contributed by atoms with Crippen molar-refractivity contribution in [2.75, 3.05) is 25.0 Å². The molecule has 0 fully saturated rings. The fraction of sp³-hybridized carbons (Fsp3) is 0.407. The van der Waals surface area contributed by atoms with Gasteiger partial charge in [0, 0.05) is 44.0 Å². The molecule has 0 saturated heterocycles. The number of fused-ring (bicyclic) bond motifs is 6. The molecular weight excluding hydrogens is 412 g/mol. The minimum atomic E-state index is -0.170. The molecule has 2 amide bonds. The fourth-order valence-corrected chi connectivity index (χ4v) is 5.45. The predicted octanol–water partition coefficient (Wildman–Crippen LogP) is 4.48. The Morgan fingerprint density at radius 2 is 1.88 bits per heavy atom. The molecule has 3 aromatic rings. The highest BCUT2D eigenvalue weighted by atomic mass is 16.2. The minimum absolute atomic E-state index is 0.0868. The van der Waals surface area contributed by atoms with Gasteiger partial charge in [0.1, 0.15) is 6.17 Å². The van der Waals surface area contributed by atoms with E-state index >= 15 is 0 Å². The zero-order chi connectivity index (χ0) is 22.9. The first-order chi connectivity index (χ1) is 16.1. The predicted molar refractivity (Wildman–Crippen MR) is 131 cm³/mol. The standard InChI is InChI=1S/C27H32N4O2/c1-3-4-9-16-28-24(32)15-18-30-23-13-8-5-10-19(23)20-14-17-31-26(25(20)30)29(2)22-12-7-6-11-21(22)27(31)33/h5-8,10-13,26H,3-4,9,14-18H2,1-2H3,(H,28,32)/t26-/m1/s1. The van der Waals surface area contributed by atoms with E-state index in [1.807, 2.05) is 29.2 Å². The average molecular weight is 445 g/mol. The number of unbranched alkanes of at least 4 members (excludes halogenated alkanes) is 2. The second-order valence-corrected chi connectivity index (χ2v) is 9.09. The van der Waals surface area contributed by atoms with E-state index in [0.717, 1.165) is 54.7 Å². The Hall–Kier alpha value is -3.28. The van der Waals surface area contributed by atoms with Gasteiger partial charge in [-0.05, 0) is 36.6 Å². The molecule has 0 radical (unpaired) electrons. The van der Waals surface area contributed by atoms with Crippen LogP contribution >= 0.6 is 0 Å². The molecule has 1 atom stereocenters.